The van der Waals surface area contributed by atoms with Crippen LogP contribution in [0.15, 0.2) is 46.1 Å². The van der Waals surface area contributed by atoms with Crippen LogP contribution in [0.3, 0.4) is 0 Å². The van der Waals surface area contributed by atoms with E-state index in [0.29, 0.717) is 42.8 Å². The van der Waals surface area contributed by atoms with E-state index in [-0.39, 0.29) is 12.1 Å². The number of carbonyl (C=O) groups excluding carboxylic acids is 1. The Bertz CT molecular complexity index is 1160. The van der Waals surface area contributed by atoms with Gasteiger partial charge in [0, 0.05) is 26.2 Å². The van der Waals surface area contributed by atoms with E-state index in [2.05, 4.69) is 15.3 Å². The molecule has 2 N–H and O–H groups in total. The van der Waals surface area contributed by atoms with Crippen LogP contribution in [-0.4, -0.2) is 51.5 Å². The number of para-hydroxylation sites is 1. The summed E-state index contributed by atoms with van der Waals surface area (Å²) in [6, 6.07) is 8.05. The molecule has 0 atom stereocenters. The summed E-state index contributed by atoms with van der Waals surface area (Å²) < 4.78 is 15.6. The first-order chi connectivity index (χ1) is 13.5. The zero-order chi connectivity index (χ0) is 19.7. The summed E-state index contributed by atoms with van der Waals surface area (Å²) in [6.07, 6.45) is 0.990. The molecule has 0 spiro atoms. The van der Waals surface area contributed by atoms with Crippen molar-refractivity contribution in [3.63, 3.8) is 0 Å². The zero-order valence-electron chi connectivity index (χ0n) is 14.9. The number of piperazine rings is 1. The van der Waals surface area contributed by atoms with Crippen molar-refractivity contribution in [2.45, 2.75) is 6.54 Å². The molecule has 28 heavy (non-hydrogen) atoms. The second-order valence-corrected chi connectivity index (χ2v) is 6.56. The van der Waals surface area contributed by atoms with Crippen LogP contribution < -0.4 is 16.6 Å². The fourth-order valence-corrected chi connectivity index (χ4v) is 3.33. The molecule has 9 heteroatoms. The molecule has 1 saturated heterocycles. The SMILES string of the molecule is O=C(c1cc(Cn2c(=O)[nH]c(=O)c3ccccc32)ncc1F)N1CCNCC1. The topological polar surface area (TPSA) is 100 Å². The van der Waals surface area contributed by atoms with Gasteiger partial charge in [0.15, 0.2) is 5.82 Å². The van der Waals surface area contributed by atoms with Crippen molar-refractivity contribution >= 4 is 16.8 Å². The molecular formula is C19H18FN5O3. The Kier molecular flexibility index (Phi) is 4.74. The maximum Gasteiger partial charge on any atom is 0.329 e. The molecule has 1 aromatic carbocycles. The van der Waals surface area contributed by atoms with Crippen LogP contribution in [0, 0.1) is 5.82 Å². The Labute approximate surface area is 158 Å². The molecule has 1 aliphatic heterocycles. The average Bonchev–Trinajstić information content (AvgIpc) is 2.72. The molecule has 0 radical (unpaired) electrons. The summed E-state index contributed by atoms with van der Waals surface area (Å²) in [5.74, 6) is -1.10. The van der Waals surface area contributed by atoms with E-state index in [1.54, 1.807) is 29.2 Å². The highest BCUT2D eigenvalue weighted by Crippen LogP contribution is 2.14. The Hall–Kier alpha value is -3.33. The van der Waals surface area contributed by atoms with E-state index < -0.39 is 23.0 Å². The van der Waals surface area contributed by atoms with E-state index in [0.717, 1.165) is 6.20 Å². The molecule has 8 nitrogen and oxygen atoms in total. The summed E-state index contributed by atoms with van der Waals surface area (Å²) in [4.78, 5) is 44.8. The van der Waals surface area contributed by atoms with Gasteiger partial charge in [-0.25, -0.2) is 9.18 Å². The molecule has 144 valence electrons. The lowest BCUT2D eigenvalue weighted by Crippen LogP contribution is -2.46. The number of nitrogens with one attached hydrogen (secondary N) is 2. The number of aromatic nitrogens is 3. The Morgan fingerprint density at radius 1 is 1.18 bits per heavy atom. The van der Waals surface area contributed by atoms with Crippen LogP contribution in [0.2, 0.25) is 0 Å². The number of hydrogen-bond acceptors (Lipinski definition) is 5. The molecule has 4 rings (SSSR count). The molecule has 3 heterocycles. The van der Waals surface area contributed by atoms with Crippen LogP contribution in [0.4, 0.5) is 4.39 Å². The molecule has 2 aromatic heterocycles. The molecule has 1 fully saturated rings. The average molecular weight is 383 g/mol. The van der Waals surface area contributed by atoms with Gasteiger partial charge in [0.05, 0.1) is 34.9 Å². The molecule has 1 amide bonds. The second kappa shape index (κ2) is 7.35. The van der Waals surface area contributed by atoms with Crippen molar-refractivity contribution in [2.24, 2.45) is 0 Å². The minimum Gasteiger partial charge on any atom is -0.336 e. The van der Waals surface area contributed by atoms with Gasteiger partial charge >= 0.3 is 5.69 Å². The first-order valence-corrected chi connectivity index (χ1v) is 8.91. The van der Waals surface area contributed by atoms with Crippen molar-refractivity contribution in [2.75, 3.05) is 26.2 Å². The number of aromatic amines is 1. The standard InChI is InChI=1S/C19H18FN5O3/c20-15-10-22-12(9-14(15)18(27)24-7-5-21-6-8-24)11-25-16-4-2-1-3-13(16)17(26)23-19(25)28/h1-4,9-10,21H,5-8,11H2,(H,23,26,28). The number of pyridine rings is 1. The third kappa shape index (κ3) is 3.31. The number of H-pyrrole nitrogens is 1. The predicted octanol–water partition coefficient (Wildman–Crippen LogP) is 0.318. The molecular weight excluding hydrogens is 365 g/mol. The molecule has 0 aliphatic carbocycles. The highest BCUT2D eigenvalue weighted by atomic mass is 19.1. The monoisotopic (exact) mass is 383 g/mol. The van der Waals surface area contributed by atoms with Crippen LogP contribution >= 0.6 is 0 Å². The van der Waals surface area contributed by atoms with Gasteiger partial charge < -0.3 is 10.2 Å². The normalized spacial score (nSPS) is 14.4. The summed E-state index contributed by atoms with van der Waals surface area (Å²) in [7, 11) is 0. The highest BCUT2D eigenvalue weighted by Gasteiger charge is 2.22. The largest absolute Gasteiger partial charge is 0.336 e. The van der Waals surface area contributed by atoms with E-state index >= 15 is 0 Å². The summed E-state index contributed by atoms with van der Waals surface area (Å²) in [5, 5.41) is 3.50. The lowest BCUT2D eigenvalue weighted by atomic mass is 10.1. The number of benzene rings is 1. The van der Waals surface area contributed by atoms with E-state index in [1.165, 1.54) is 10.6 Å². The third-order valence-electron chi connectivity index (χ3n) is 4.77. The van der Waals surface area contributed by atoms with Crippen LogP contribution in [0.25, 0.3) is 10.9 Å². The predicted molar refractivity (Wildman–Crippen MR) is 101 cm³/mol. The fraction of sp³-hybridized carbons (Fsp3) is 0.263. The number of amides is 1. The van der Waals surface area contributed by atoms with Gasteiger partial charge in [-0.15, -0.1) is 0 Å². The van der Waals surface area contributed by atoms with Gasteiger partial charge in [-0.1, -0.05) is 12.1 Å². The fourth-order valence-electron chi connectivity index (χ4n) is 3.33. The lowest BCUT2D eigenvalue weighted by molar-refractivity contribution is 0.0730. The number of fused-ring (bicyclic) bond motifs is 1. The van der Waals surface area contributed by atoms with Crippen molar-refractivity contribution in [3.05, 3.63) is 74.4 Å². The maximum absolute atomic E-state index is 14.3. The number of rotatable bonds is 3. The summed E-state index contributed by atoms with van der Waals surface area (Å²) in [5.41, 5.74) is -0.353. The van der Waals surface area contributed by atoms with E-state index in [1.807, 2.05) is 0 Å². The Balaban J connectivity index is 1.72. The van der Waals surface area contributed by atoms with Gasteiger partial charge in [-0.3, -0.25) is 24.1 Å². The third-order valence-corrected chi connectivity index (χ3v) is 4.77. The molecule has 0 saturated carbocycles. The number of carbonyl (C=O) groups is 1. The number of hydrogen-bond donors (Lipinski definition) is 2. The minimum absolute atomic E-state index is 0.00174. The first-order valence-electron chi connectivity index (χ1n) is 8.91. The summed E-state index contributed by atoms with van der Waals surface area (Å²) in [6.45, 7) is 2.31. The Morgan fingerprint density at radius 3 is 2.71 bits per heavy atom. The molecule has 1 aliphatic rings. The van der Waals surface area contributed by atoms with Gasteiger partial charge in [0.2, 0.25) is 0 Å². The van der Waals surface area contributed by atoms with Crippen LogP contribution in [-0.2, 0) is 6.54 Å². The van der Waals surface area contributed by atoms with Crippen LogP contribution in [0.1, 0.15) is 16.1 Å². The smallest absolute Gasteiger partial charge is 0.329 e. The molecule has 3 aromatic rings. The molecule has 0 unspecified atom stereocenters. The van der Waals surface area contributed by atoms with E-state index in [4.69, 9.17) is 0 Å². The van der Waals surface area contributed by atoms with Gasteiger partial charge in [0.1, 0.15) is 0 Å². The van der Waals surface area contributed by atoms with Gasteiger partial charge in [0.25, 0.3) is 11.5 Å². The maximum atomic E-state index is 14.3. The Morgan fingerprint density at radius 2 is 1.93 bits per heavy atom. The second-order valence-electron chi connectivity index (χ2n) is 6.56. The van der Waals surface area contributed by atoms with Gasteiger partial charge in [-0.2, -0.15) is 0 Å². The zero-order valence-corrected chi connectivity index (χ0v) is 14.9. The van der Waals surface area contributed by atoms with Crippen molar-refractivity contribution in [1.82, 2.24) is 24.8 Å². The van der Waals surface area contributed by atoms with Crippen molar-refractivity contribution in [1.29, 1.82) is 0 Å². The molecule has 0 bridgehead atoms. The summed E-state index contributed by atoms with van der Waals surface area (Å²) >= 11 is 0. The van der Waals surface area contributed by atoms with Crippen molar-refractivity contribution in [3.8, 4) is 0 Å². The first kappa shape index (κ1) is 18.1. The van der Waals surface area contributed by atoms with E-state index in [9.17, 15) is 18.8 Å². The number of halogens is 1. The highest BCUT2D eigenvalue weighted by molar-refractivity contribution is 5.94. The van der Waals surface area contributed by atoms with Crippen LogP contribution in [0.5, 0.6) is 0 Å². The number of nitrogens with zero attached hydrogens (tertiary/aromatic N) is 3. The quantitative estimate of drug-likeness (QED) is 0.679. The van der Waals surface area contributed by atoms with Gasteiger partial charge in [-0.05, 0) is 18.2 Å². The lowest BCUT2D eigenvalue weighted by Gasteiger charge is -2.27. The minimum atomic E-state index is -0.703. The van der Waals surface area contributed by atoms with Crippen molar-refractivity contribution < 1.29 is 9.18 Å².